The van der Waals surface area contributed by atoms with Crippen LogP contribution in [0.5, 0.6) is 0 Å². The minimum Gasteiger partial charge on any atom is -0.461 e. The van der Waals surface area contributed by atoms with Crippen molar-refractivity contribution in [2.24, 2.45) is 5.73 Å². The number of nitrogens with zero attached hydrogens (tertiary/aromatic N) is 2. The van der Waals surface area contributed by atoms with E-state index in [0.717, 1.165) is 22.3 Å². The molecule has 3 aromatic rings. The Balaban J connectivity index is 2.22. The maximum absolute atomic E-state index is 5.64. The molecule has 0 radical (unpaired) electrons. The topological polar surface area (TPSA) is 78.1 Å². The van der Waals surface area contributed by atoms with Crippen LogP contribution < -0.4 is 5.73 Å². The molecule has 0 aliphatic heterocycles. The zero-order chi connectivity index (χ0) is 11.8. The third-order valence-electron chi connectivity index (χ3n) is 2.55. The normalized spacial score (nSPS) is 11.2. The minimum atomic E-state index is 0.236. The third-order valence-corrected chi connectivity index (χ3v) is 2.55. The van der Waals surface area contributed by atoms with Crippen molar-refractivity contribution in [1.29, 1.82) is 0 Å². The number of aromatic nitrogens is 2. The van der Waals surface area contributed by atoms with E-state index in [4.69, 9.17) is 14.7 Å². The highest BCUT2D eigenvalue weighted by Crippen LogP contribution is 2.28. The van der Waals surface area contributed by atoms with Crippen LogP contribution in [0.4, 0.5) is 0 Å². The number of aryl methyl sites for hydroxylation is 1. The Hall–Kier alpha value is -2.14. The highest BCUT2D eigenvalue weighted by molar-refractivity contribution is 5.90. The van der Waals surface area contributed by atoms with Crippen molar-refractivity contribution >= 4 is 11.0 Å². The summed E-state index contributed by atoms with van der Waals surface area (Å²) in [5.41, 5.74) is 7.03. The summed E-state index contributed by atoms with van der Waals surface area (Å²) >= 11 is 0. The predicted molar refractivity (Wildman–Crippen MR) is 62.1 cm³/mol. The summed E-state index contributed by atoms with van der Waals surface area (Å²) in [6.45, 7) is 2.14. The molecule has 1 aromatic carbocycles. The van der Waals surface area contributed by atoms with E-state index in [1.807, 2.05) is 31.2 Å². The van der Waals surface area contributed by atoms with Gasteiger partial charge in [-0.25, -0.2) is 0 Å². The maximum atomic E-state index is 5.64. The molecule has 0 saturated carbocycles. The van der Waals surface area contributed by atoms with Gasteiger partial charge >= 0.3 is 0 Å². The molecule has 3 rings (SSSR count). The molecule has 0 fully saturated rings. The Morgan fingerprint density at radius 1 is 1.35 bits per heavy atom. The van der Waals surface area contributed by atoms with Crippen LogP contribution in [0.15, 0.2) is 33.2 Å². The van der Waals surface area contributed by atoms with Crippen LogP contribution in [0.1, 0.15) is 11.7 Å². The number of rotatable bonds is 2. The van der Waals surface area contributed by atoms with Gasteiger partial charge in [-0.1, -0.05) is 17.3 Å². The van der Waals surface area contributed by atoms with Gasteiger partial charge in [0.15, 0.2) is 0 Å². The number of furan rings is 1. The van der Waals surface area contributed by atoms with Crippen LogP contribution in [-0.4, -0.2) is 10.1 Å². The molecule has 2 N–H and O–H groups in total. The van der Waals surface area contributed by atoms with Crippen LogP contribution in [0.3, 0.4) is 0 Å². The van der Waals surface area contributed by atoms with Gasteiger partial charge in [-0.2, -0.15) is 4.98 Å². The van der Waals surface area contributed by atoms with Crippen molar-refractivity contribution in [3.05, 3.63) is 35.9 Å². The second-order valence-electron chi connectivity index (χ2n) is 3.80. The highest BCUT2D eigenvalue weighted by Gasteiger charge is 2.13. The number of nitrogens with two attached hydrogens (primary N) is 1. The lowest BCUT2D eigenvalue weighted by molar-refractivity contribution is 0.380. The van der Waals surface area contributed by atoms with Gasteiger partial charge in [-0.15, -0.1) is 0 Å². The molecule has 0 atom stereocenters. The summed E-state index contributed by atoms with van der Waals surface area (Å²) in [4.78, 5) is 4.20. The Kier molecular flexibility index (Phi) is 2.19. The lowest BCUT2D eigenvalue weighted by Crippen LogP contribution is -1.95. The zero-order valence-corrected chi connectivity index (χ0v) is 9.30. The first-order valence-corrected chi connectivity index (χ1v) is 5.30. The Morgan fingerprint density at radius 3 is 3.00 bits per heavy atom. The molecule has 0 aliphatic carbocycles. The van der Waals surface area contributed by atoms with E-state index in [9.17, 15) is 0 Å². The third kappa shape index (κ3) is 1.60. The van der Waals surface area contributed by atoms with Crippen LogP contribution in [-0.2, 0) is 6.54 Å². The first-order chi connectivity index (χ1) is 8.28. The van der Waals surface area contributed by atoms with E-state index in [0.29, 0.717) is 11.7 Å². The van der Waals surface area contributed by atoms with E-state index in [2.05, 4.69) is 10.1 Å². The predicted octanol–water partition coefficient (Wildman–Crippen LogP) is 2.25. The van der Waals surface area contributed by atoms with E-state index in [-0.39, 0.29) is 6.54 Å². The lowest BCUT2D eigenvalue weighted by atomic mass is 10.1. The van der Waals surface area contributed by atoms with Crippen LogP contribution in [0.2, 0.25) is 0 Å². The molecule has 0 bridgehead atoms. The number of fused-ring (bicyclic) bond motifs is 1. The summed E-state index contributed by atoms with van der Waals surface area (Å²) in [7, 11) is 0. The first kappa shape index (κ1) is 10.0. The molecule has 0 spiro atoms. The van der Waals surface area contributed by atoms with Gasteiger partial charge in [-0.05, 0) is 19.1 Å². The van der Waals surface area contributed by atoms with Gasteiger partial charge < -0.3 is 14.7 Å². The fraction of sp³-hybridized carbons (Fsp3) is 0.167. The van der Waals surface area contributed by atoms with Crippen LogP contribution in [0, 0.1) is 6.92 Å². The lowest BCUT2D eigenvalue weighted by Gasteiger charge is -1.95. The van der Waals surface area contributed by atoms with Gasteiger partial charge in [0.2, 0.25) is 11.7 Å². The Morgan fingerprint density at radius 2 is 2.24 bits per heavy atom. The van der Waals surface area contributed by atoms with E-state index < -0.39 is 0 Å². The van der Waals surface area contributed by atoms with Gasteiger partial charge in [0.05, 0.1) is 12.1 Å². The molecule has 0 amide bonds. The molecule has 0 saturated heterocycles. The molecular weight excluding hydrogens is 218 g/mol. The molecule has 17 heavy (non-hydrogen) atoms. The van der Waals surface area contributed by atoms with Crippen molar-refractivity contribution in [2.45, 2.75) is 13.5 Å². The van der Waals surface area contributed by atoms with Crippen molar-refractivity contribution in [3.8, 4) is 11.4 Å². The summed E-state index contributed by atoms with van der Waals surface area (Å²) in [5.74, 6) is 1.78. The molecule has 5 heteroatoms. The zero-order valence-electron chi connectivity index (χ0n) is 9.30. The first-order valence-electron chi connectivity index (χ1n) is 5.30. The monoisotopic (exact) mass is 229 g/mol. The maximum Gasteiger partial charge on any atom is 0.240 e. The highest BCUT2D eigenvalue weighted by atomic mass is 16.5. The number of para-hydroxylation sites is 1. The average molecular weight is 229 g/mol. The molecule has 0 aliphatic rings. The minimum absolute atomic E-state index is 0.236. The fourth-order valence-electron chi connectivity index (χ4n) is 1.82. The van der Waals surface area contributed by atoms with Crippen molar-refractivity contribution in [3.63, 3.8) is 0 Å². The molecule has 86 valence electrons. The summed E-state index contributed by atoms with van der Waals surface area (Å²) in [5, 5.41) is 4.92. The molecule has 2 aromatic heterocycles. The van der Waals surface area contributed by atoms with Crippen LogP contribution >= 0.6 is 0 Å². The van der Waals surface area contributed by atoms with E-state index >= 15 is 0 Å². The van der Waals surface area contributed by atoms with Gasteiger partial charge in [-0.3, -0.25) is 0 Å². The van der Waals surface area contributed by atoms with Crippen molar-refractivity contribution in [1.82, 2.24) is 10.1 Å². The molecule has 5 nitrogen and oxygen atoms in total. The summed E-state index contributed by atoms with van der Waals surface area (Å²) in [6.07, 6.45) is 0. The largest absolute Gasteiger partial charge is 0.461 e. The van der Waals surface area contributed by atoms with Gasteiger partial charge in [0, 0.05) is 5.39 Å². The van der Waals surface area contributed by atoms with Crippen molar-refractivity contribution in [2.75, 3.05) is 0 Å². The number of benzene rings is 1. The van der Waals surface area contributed by atoms with E-state index in [1.165, 1.54) is 0 Å². The summed E-state index contributed by atoms with van der Waals surface area (Å²) in [6, 6.07) is 7.80. The second kappa shape index (κ2) is 3.71. The van der Waals surface area contributed by atoms with Crippen LogP contribution in [0.25, 0.3) is 22.4 Å². The van der Waals surface area contributed by atoms with Gasteiger partial charge in [0.25, 0.3) is 0 Å². The Bertz CT molecular complexity index is 669. The fourth-order valence-corrected chi connectivity index (χ4v) is 1.82. The average Bonchev–Trinajstić information content (AvgIpc) is 2.92. The molecule has 0 unspecified atom stereocenters. The molecular formula is C12H11N3O2. The summed E-state index contributed by atoms with van der Waals surface area (Å²) < 4.78 is 10.6. The SMILES string of the molecule is Cc1cc2cccc(-c3noc(CN)n3)c2o1. The number of hydrogen-bond donors (Lipinski definition) is 1. The smallest absolute Gasteiger partial charge is 0.240 e. The van der Waals surface area contributed by atoms with Gasteiger partial charge in [0.1, 0.15) is 11.3 Å². The number of hydrogen-bond acceptors (Lipinski definition) is 5. The Labute approximate surface area is 97.2 Å². The van der Waals surface area contributed by atoms with Crippen molar-refractivity contribution < 1.29 is 8.94 Å². The standard InChI is InChI=1S/C12H11N3O2/c1-7-5-8-3-2-4-9(11(8)16-7)12-14-10(6-13)17-15-12/h2-5H,6,13H2,1H3. The molecule has 2 heterocycles. The quantitative estimate of drug-likeness (QED) is 0.729. The van der Waals surface area contributed by atoms with E-state index in [1.54, 1.807) is 0 Å². The second-order valence-corrected chi connectivity index (χ2v) is 3.80.